The van der Waals surface area contributed by atoms with Gasteiger partial charge in [-0.2, -0.15) is 0 Å². The molecule has 6 aromatic rings. The summed E-state index contributed by atoms with van der Waals surface area (Å²) in [6.07, 6.45) is 0. The quantitative estimate of drug-likeness (QED) is 0.230. The van der Waals surface area contributed by atoms with E-state index in [1.54, 1.807) is 0 Å². The lowest BCUT2D eigenvalue weighted by Gasteiger charge is -2.26. The summed E-state index contributed by atoms with van der Waals surface area (Å²) < 4.78 is 3.71. The van der Waals surface area contributed by atoms with Crippen LogP contribution in [-0.2, 0) is 0 Å². The molecule has 0 amide bonds. The van der Waals surface area contributed by atoms with Gasteiger partial charge in [0.05, 0.1) is 0 Å². The van der Waals surface area contributed by atoms with E-state index in [0.717, 1.165) is 21.5 Å². The Hall–Kier alpha value is -3.40. The van der Waals surface area contributed by atoms with Crippen molar-refractivity contribution in [2.75, 3.05) is 4.90 Å². The summed E-state index contributed by atoms with van der Waals surface area (Å²) >= 11 is 5.43. The second-order valence-corrected chi connectivity index (χ2v) is 10.0. The minimum atomic E-state index is 1.07. The third-order valence-electron chi connectivity index (χ3n) is 5.94. The highest BCUT2D eigenvalue weighted by molar-refractivity contribution is 9.10. The summed E-state index contributed by atoms with van der Waals surface area (Å²) in [4.78, 5) is 2.33. The SMILES string of the molecule is Brc1ccc(N(c2ccc(-c3ccccc3)cc2)c2ccc3sc4ccccc4c3c2)cc1. The van der Waals surface area contributed by atoms with Crippen LogP contribution in [0.3, 0.4) is 0 Å². The summed E-state index contributed by atoms with van der Waals surface area (Å²) in [6.45, 7) is 0. The Kier molecular flexibility index (Phi) is 5.21. The molecule has 0 saturated heterocycles. The molecule has 0 N–H and O–H groups in total. The number of thiophene rings is 1. The van der Waals surface area contributed by atoms with Crippen LogP contribution in [0.5, 0.6) is 0 Å². The van der Waals surface area contributed by atoms with Gasteiger partial charge in [-0.15, -0.1) is 11.3 Å². The Morgan fingerprint density at radius 3 is 1.82 bits per heavy atom. The highest BCUT2D eigenvalue weighted by atomic mass is 79.9. The average molecular weight is 506 g/mol. The first-order valence-corrected chi connectivity index (χ1v) is 12.5. The fraction of sp³-hybridized carbons (Fsp3) is 0. The number of anilines is 3. The molecule has 33 heavy (non-hydrogen) atoms. The minimum absolute atomic E-state index is 1.07. The van der Waals surface area contributed by atoms with Crippen LogP contribution in [0.2, 0.25) is 0 Å². The van der Waals surface area contributed by atoms with E-state index in [2.05, 4.69) is 142 Å². The summed E-state index contributed by atoms with van der Waals surface area (Å²) in [6, 6.07) is 43.3. The van der Waals surface area contributed by atoms with Crippen molar-refractivity contribution in [1.82, 2.24) is 0 Å². The van der Waals surface area contributed by atoms with Gasteiger partial charge in [0, 0.05) is 41.7 Å². The molecular weight excluding hydrogens is 486 g/mol. The zero-order valence-electron chi connectivity index (χ0n) is 17.8. The first-order valence-electron chi connectivity index (χ1n) is 10.9. The molecule has 0 aliphatic rings. The lowest BCUT2D eigenvalue weighted by atomic mass is 10.0. The van der Waals surface area contributed by atoms with E-state index >= 15 is 0 Å². The summed E-state index contributed by atoms with van der Waals surface area (Å²) in [5.74, 6) is 0. The Balaban J connectivity index is 1.50. The third kappa shape index (κ3) is 3.84. The van der Waals surface area contributed by atoms with Gasteiger partial charge in [-0.1, -0.05) is 76.6 Å². The van der Waals surface area contributed by atoms with Crippen molar-refractivity contribution in [1.29, 1.82) is 0 Å². The Labute approximate surface area is 205 Å². The third-order valence-corrected chi connectivity index (χ3v) is 7.62. The average Bonchev–Trinajstić information content (AvgIpc) is 3.24. The van der Waals surface area contributed by atoms with Gasteiger partial charge in [-0.3, -0.25) is 0 Å². The number of rotatable bonds is 4. The largest absolute Gasteiger partial charge is 0.310 e. The van der Waals surface area contributed by atoms with E-state index in [1.807, 2.05) is 11.3 Å². The Morgan fingerprint density at radius 1 is 0.485 bits per heavy atom. The van der Waals surface area contributed by atoms with Gasteiger partial charge in [0.25, 0.3) is 0 Å². The monoisotopic (exact) mass is 505 g/mol. The van der Waals surface area contributed by atoms with Crippen LogP contribution < -0.4 is 4.90 Å². The first kappa shape index (κ1) is 20.2. The fourth-order valence-electron chi connectivity index (χ4n) is 4.32. The van der Waals surface area contributed by atoms with Crippen molar-refractivity contribution >= 4 is 64.5 Å². The Morgan fingerprint density at radius 2 is 1.06 bits per heavy atom. The normalized spacial score (nSPS) is 11.2. The smallest absolute Gasteiger partial charge is 0.0468 e. The van der Waals surface area contributed by atoms with Crippen LogP contribution in [0.4, 0.5) is 17.1 Å². The summed E-state index contributed by atoms with van der Waals surface area (Å²) in [5.41, 5.74) is 5.86. The standard InChI is InChI=1S/C30H20BrNS/c31-23-12-16-25(17-13-23)32(24-14-10-22(11-15-24)21-6-2-1-3-7-21)26-18-19-30-28(20-26)27-8-4-5-9-29(27)33-30/h1-20H. The molecule has 0 spiro atoms. The number of halogens is 1. The van der Waals surface area contributed by atoms with E-state index in [-0.39, 0.29) is 0 Å². The molecule has 0 aliphatic heterocycles. The number of hydrogen-bond donors (Lipinski definition) is 0. The molecule has 0 atom stereocenters. The highest BCUT2D eigenvalue weighted by Gasteiger charge is 2.15. The molecule has 0 saturated carbocycles. The number of nitrogens with zero attached hydrogens (tertiary/aromatic N) is 1. The Bertz CT molecular complexity index is 1550. The predicted octanol–water partition coefficient (Wildman–Crippen LogP) is 9.95. The number of benzene rings is 5. The van der Waals surface area contributed by atoms with Crippen molar-refractivity contribution in [2.24, 2.45) is 0 Å². The summed E-state index contributed by atoms with van der Waals surface area (Å²) in [7, 11) is 0. The lowest BCUT2D eigenvalue weighted by molar-refractivity contribution is 1.29. The van der Waals surface area contributed by atoms with Crippen LogP contribution in [0.1, 0.15) is 0 Å². The van der Waals surface area contributed by atoms with Crippen molar-refractivity contribution in [3.05, 3.63) is 126 Å². The van der Waals surface area contributed by atoms with E-state index in [0.29, 0.717) is 0 Å². The van der Waals surface area contributed by atoms with Crippen molar-refractivity contribution in [3.8, 4) is 11.1 Å². The fourth-order valence-corrected chi connectivity index (χ4v) is 5.67. The van der Waals surface area contributed by atoms with Crippen LogP contribution in [-0.4, -0.2) is 0 Å². The lowest BCUT2D eigenvalue weighted by Crippen LogP contribution is -2.09. The molecule has 3 heteroatoms. The molecule has 5 aromatic carbocycles. The maximum Gasteiger partial charge on any atom is 0.0468 e. The molecule has 0 bridgehead atoms. The van der Waals surface area contributed by atoms with Gasteiger partial charge in [-0.25, -0.2) is 0 Å². The molecule has 0 aliphatic carbocycles. The zero-order valence-corrected chi connectivity index (χ0v) is 20.2. The molecule has 1 heterocycles. The van der Waals surface area contributed by atoms with Crippen molar-refractivity contribution in [2.45, 2.75) is 0 Å². The van der Waals surface area contributed by atoms with E-state index in [4.69, 9.17) is 0 Å². The van der Waals surface area contributed by atoms with Crippen molar-refractivity contribution < 1.29 is 0 Å². The van der Waals surface area contributed by atoms with E-state index < -0.39 is 0 Å². The van der Waals surface area contributed by atoms with Gasteiger partial charge in [0.2, 0.25) is 0 Å². The molecule has 0 radical (unpaired) electrons. The van der Waals surface area contributed by atoms with E-state index in [1.165, 1.54) is 31.3 Å². The highest BCUT2D eigenvalue weighted by Crippen LogP contribution is 2.41. The molecule has 0 fully saturated rings. The van der Waals surface area contributed by atoms with Crippen molar-refractivity contribution in [3.63, 3.8) is 0 Å². The first-order chi connectivity index (χ1) is 16.3. The van der Waals surface area contributed by atoms with Gasteiger partial charge < -0.3 is 4.90 Å². The van der Waals surface area contributed by atoms with Gasteiger partial charge in [-0.05, 0) is 71.8 Å². The summed E-state index contributed by atoms with van der Waals surface area (Å²) in [5, 5.41) is 2.62. The van der Waals surface area contributed by atoms with Crippen LogP contribution in [0.25, 0.3) is 31.3 Å². The van der Waals surface area contributed by atoms with Crippen LogP contribution in [0, 0.1) is 0 Å². The second-order valence-electron chi connectivity index (χ2n) is 8.00. The van der Waals surface area contributed by atoms with Gasteiger partial charge in [0.1, 0.15) is 0 Å². The topological polar surface area (TPSA) is 3.24 Å². The molecule has 1 aromatic heterocycles. The molecule has 6 rings (SSSR count). The van der Waals surface area contributed by atoms with Gasteiger partial charge >= 0.3 is 0 Å². The second kappa shape index (κ2) is 8.51. The molecular formula is C30H20BrNS. The predicted molar refractivity (Wildman–Crippen MR) is 147 cm³/mol. The van der Waals surface area contributed by atoms with E-state index in [9.17, 15) is 0 Å². The van der Waals surface area contributed by atoms with Gasteiger partial charge in [0.15, 0.2) is 0 Å². The minimum Gasteiger partial charge on any atom is -0.310 e. The molecule has 1 nitrogen and oxygen atoms in total. The maximum absolute atomic E-state index is 3.58. The van der Waals surface area contributed by atoms with Crippen LogP contribution in [0.15, 0.2) is 126 Å². The zero-order chi connectivity index (χ0) is 22.2. The molecule has 0 unspecified atom stereocenters. The molecule has 158 valence electrons. The number of fused-ring (bicyclic) bond motifs is 3. The maximum atomic E-state index is 3.58. The van der Waals surface area contributed by atoms with Crippen LogP contribution >= 0.6 is 27.3 Å². The number of hydrogen-bond acceptors (Lipinski definition) is 2.